The number of allylic oxidation sites excluding steroid dienone is 1. The Morgan fingerprint density at radius 3 is 2.67 bits per heavy atom. The minimum atomic E-state index is -1.12. The van der Waals surface area contributed by atoms with Crippen LogP contribution in [-0.2, 0) is 9.53 Å². The fraction of sp³-hybridized carbons (Fsp3) is 0.172. The number of non-ortho nitro benzene ring substituents is 1. The van der Waals surface area contributed by atoms with Crippen molar-refractivity contribution in [1.29, 1.82) is 0 Å². The average molecular weight is 608 g/mol. The fourth-order valence-corrected chi connectivity index (χ4v) is 5.77. The van der Waals surface area contributed by atoms with Gasteiger partial charge in [-0.05, 0) is 56.7 Å². The Morgan fingerprint density at radius 2 is 1.98 bits per heavy atom. The quantitative estimate of drug-likeness (QED) is 0.180. The van der Waals surface area contributed by atoms with E-state index in [9.17, 15) is 29.6 Å². The molecular formula is C29H22ClN3O8S. The lowest BCUT2D eigenvalue weighted by molar-refractivity contribution is -0.384. The monoisotopic (exact) mass is 607 g/mol. The lowest BCUT2D eigenvalue weighted by Gasteiger charge is -2.25. The van der Waals surface area contributed by atoms with Gasteiger partial charge in [0.05, 0.1) is 43.5 Å². The molecule has 1 aliphatic heterocycles. The van der Waals surface area contributed by atoms with E-state index in [0.29, 0.717) is 22.6 Å². The maximum atomic E-state index is 13.8. The van der Waals surface area contributed by atoms with Crippen LogP contribution in [0.1, 0.15) is 48.5 Å². The average Bonchev–Trinajstić information content (AvgIpc) is 3.51. The molecule has 1 atom stereocenters. The second kappa shape index (κ2) is 11.2. The smallest absolute Gasteiger partial charge is 0.338 e. The first-order valence-corrected chi connectivity index (χ1v) is 13.7. The van der Waals surface area contributed by atoms with Crippen LogP contribution in [0.25, 0.3) is 17.4 Å². The highest BCUT2D eigenvalue weighted by Crippen LogP contribution is 2.33. The van der Waals surface area contributed by atoms with E-state index in [0.717, 1.165) is 11.3 Å². The third-order valence-corrected chi connectivity index (χ3v) is 7.67. The molecule has 0 saturated heterocycles. The SMILES string of the molecule is CC1=C(C(=O)OC(C)C)C(c2cccc([N+](=O)[O-])c2)n2c(sc(=Cc3ccc(-c4cc(C(=O)O)ccc4Cl)o3)c2=O)=N1. The number of rotatable bonds is 7. The van der Waals surface area contributed by atoms with Crippen LogP contribution in [0.2, 0.25) is 5.02 Å². The zero-order valence-corrected chi connectivity index (χ0v) is 23.9. The minimum Gasteiger partial charge on any atom is -0.478 e. The Morgan fingerprint density at radius 1 is 1.21 bits per heavy atom. The normalized spacial score (nSPS) is 15.0. The van der Waals surface area contributed by atoms with Crippen molar-refractivity contribution in [2.24, 2.45) is 4.99 Å². The predicted octanol–water partition coefficient (Wildman–Crippen LogP) is 4.71. The highest BCUT2D eigenvalue weighted by Gasteiger charge is 2.34. The van der Waals surface area contributed by atoms with Crippen molar-refractivity contribution in [2.45, 2.75) is 32.9 Å². The third-order valence-electron chi connectivity index (χ3n) is 6.36. The largest absolute Gasteiger partial charge is 0.478 e. The van der Waals surface area contributed by atoms with E-state index in [-0.39, 0.29) is 36.9 Å². The van der Waals surface area contributed by atoms with Crippen LogP contribution in [0.5, 0.6) is 0 Å². The van der Waals surface area contributed by atoms with Gasteiger partial charge in [0, 0.05) is 23.8 Å². The van der Waals surface area contributed by atoms with Crippen LogP contribution in [0.4, 0.5) is 5.69 Å². The number of aromatic nitrogens is 1. The van der Waals surface area contributed by atoms with Crippen LogP contribution in [-0.4, -0.2) is 32.6 Å². The van der Waals surface area contributed by atoms with E-state index in [1.807, 2.05) is 0 Å². The molecule has 2 aromatic carbocycles. The van der Waals surface area contributed by atoms with Gasteiger partial charge in [0.2, 0.25) is 0 Å². The summed E-state index contributed by atoms with van der Waals surface area (Å²) in [5, 5.41) is 21.1. The number of carboxylic acid groups (broad SMARTS) is 1. The van der Waals surface area contributed by atoms with Crippen molar-refractivity contribution in [3.8, 4) is 11.3 Å². The molecule has 0 aliphatic carbocycles. The summed E-state index contributed by atoms with van der Waals surface area (Å²) in [4.78, 5) is 54.2. The molecule has 11 nitrogen and oxygen atoms in total. The van der Waals surface area contributed by atoms with Gasteiger partial charge in [-0.3, -0.25) is 19.5 Å². The molecule has 2 aromatic heterocycles. The summed E-state index contributed by atoms with van der Waals surface area (Å²) < 4.78 is 12.9. The van der Waals surface area contributed by atoms with Crippen molar-refractivity contribution in [3.63, 3.8) is 0 Å². The minimum absolute atomic E-state index is 0.0315. The van der Waals surface area contributed by atoms with Crippen LogP contribution >= 0.6 is 22.9 Å². The number of esters is 1. The number of benzene rings is 2. The second-order valence-electron chi connectivity index (χ2n) is 9.59. The molecule has 0 amide bonds. The van der Waals surface area contributed by atoms with E-state index < -0.39 is 34.6 Å². The van der Waals surface area contributed by atoms with Crippen LogP contribution in [0.15, 0.2) is 80.1 Å². The summed E-state index contributed by atoms with van der Waals surface area (Å²) in [6.07, 6.45) is 1.05. The molecule has 1 unspecified atom stereocenters. The number of halogens is 1. The molecule has 0 fully saturated rings. The van der Waals surface area contributed by atoms with Crippen LogP contribution < -0.4 is 14.9 Å². The number of carbonyl (C=O) groups is 2. The Hall–Kier alpha value is -4.81. The summed E-state index contributed by atoms with van der Waals surface area (Å²) in [5.41, 5.74) is 0.456. The zero-order chi connectivity index (χ0) is 30.3. The molecular weight excluding hydrogens is 586 g/mol. The highest BCUT2D eigenvalue weighted by molar-refractivity contribution is 7.07. The topological polar surface area (TPSA) is 154 Å². The summed E-state index contributed by atoms with van der Waals surface area (Å²) in [7, 11) is 0. The van der Waals surface area contributed by atoms with Gasteiger partial charge in [0.15, 0.2) is 4.80 Å². The maximum Gasteiger partial charge on any atom is 0.338 e. The molecule has 1 aliphatic rings. The van der Waals surface area contributed by atoms with E-state index in [2.05, 4.69) is 4.99 Å². The first kappa shape index (κ1) is 28.7. The molecule has 0 spiro atoms. The van der Waals surface area contributed by atoms with Gasteiger partial charge in [-0.1, -0.05) is 35.1 Å². The van der Waals surface area contributed by atoms with Gasteiger partial charge in [-0.2, -0.15) is 0 Å². The van der Waals surface area contributed by atoms with E-state index in [4.69, 9.17) is 20.8 Å². The Kier molecular flexibility index (Phi) is 7.67. The summed E-state index contributed by atoms with van der Waals surface area (Å²) in [6.45, 7) is 4.99. The van der Waals surface area contributed by atoms with Crippen molar-refractivity contribution < 1.29 is 28.8 Å². The van der Waals surface area contributed by atoms with Crippen molar-refractivity contribution in [1.82, 2.24) is 4.57 Å². The number of carboxylic acids is 1. The molecule has 13 heteroatoms. The summed E-state index contributed by atoms with van der Waals surface area (Å²) >= 11 is 7.33. The summed E-state index contributed by atoms with van der Waals surface area (Å²) in [6, 6.07) is 12.1. The second-order valence-corrected chi connectivity index (χ2v) is 11.0. The van der Waals surface area contributed by atoms with Gasteiger partial charge in [0.1, 0.15) is 11.5 Å². The maximum absolute atomic E-state index is 13.8. The number of nitrogens with zero attached hydrogens (tertiary/aromatic N) is 3. The molecule has 4 aromatic rings. The molecule has 1 N–H and O–H groups in total. The number of nitro groups is 1. The van der Waals surface area contributed by atoms with Crippen molar-refractivity contribution >= 4 is 46.6 Å². The molecule has 0 bridgehead atoms. The zero-order valence-electron chi connectivity index (χ0n) is 22.4. The predicted molar refractivity (Wildman–Crippen MR) is 154 cm³/mol. The molecule has 0 radical (unpaired) electrons. The van der Waals surface area contributed by atoms with E-state index in [1.54, 1.807) is 39.0 Å². The van der Waals surface area contributed by atoms with Crippen LogP contribution in [0, 0.1) is 10.1 Å². The first-order chi connectivity index (χ1) is 19.9. The Balaban J connectivity index is 1.65. The summed E-state index contributed by atoms with van der Waals surface area (Å²) in [5.74, 6) is -1.22. The number of nitro benzene ring substituents is 1. The molecule has 42 heavy (non-hydrogen) atoms. The number of fused-ring (bicyclic) bond motifs is 1. The first-order valence-electron chi connectivity index (χ1n) is 12.6. The number of furan rings is 1. The number of aromatic carboxylic acids is 1. The van der Waals surface area contributed by atoms with E-state index >= 15 is 0 Å². The Bertz CT molecular complexity index is 1990. The van der Waals surface area contributed by atoms with Gasteiger partial charge < -0.3 is 14.3 Å². The van der Waals surface area contributed by atoms with Crippen molar-refractivity contribution in [2.75, 3.05) is 0 Å². The Labute approximate surface area is 246 Å². The molecule has 0 saturated carbocycles. The molecule has 214 valence electrons. The number of hydrogen-bond acceptors (Lipinski definition) is 9. The number of thiazole rings is 1. The number of ether oxygens (including phenoxy) is 1. The number of hydrogen-bond donors (Lipinski definition) is 1. The lowest BCUT2D eigenvalue weighted by Crippen LogP contribution is -2.40. The lowest BCUT2D eigenvalue weighted by atomic mass is 9.95. The standard InChI is InChI=1S/C29H22ClN3O8S/c1-14(2)40-28(37)24-15(3)31-29-32(25(24)16-5-4-6-18(11-16)33(38)39)26(34)23(42-29)13-19-8-10-22(41-19)20-12-17(27(35)36)7-9-21(20)30/h4-14,25H,1-3H3,(H,35,36). The highest BCUT2D eigenvalue weighted by atomic mass is 35.5. The van der Waals surface area contributed by atoms with Gasteiger partial charge in [-0.15, -0.1) is 0 Å². The van der Waals surface area contributed by atoms with Crippen LogP contribution in [0.3, 0.4) is 0 Å². The van der Waals surface area contributed by atoms with Gasteiger partial charge >= 0.3 is 11.9 Å². The van der Waals surface area contributed by atoms with Gasteiger partial charge in [0.25, 0.3) is 11.2 Å². The molecule has 3 heterocycles. The number of carbonyl (C=O) groups excluding carboxylic acids is 1. The fourth-order valence-electron chi connectivity index (χ4n) is 4.54. The van der Waals surface area contributed by atoms with Crippen molar-refractivity contribution in [3.05, 3.63) is 118 Å². The van der Waals surface area contributed by atoms with Gasteiger partial charge in [-0.25, -0.2) is 14.6 Å². The van der Waals surface area contributed by atoms with E-state index in [1.165, 1.54) is 47.0 Å². The molecule has 5 rings (SSSR count). The third kappa shape index (κ3) is 5.41.